The molecule has 2 aromatic heterocycles. The minimum Gasteiger partial charge on any atom is -0.494 e. The van der Waals surface area contributed by atoms with Gasteiger partial charge in [-0.25, -0.2) is 4.98 Å². The summed E-state index contributed by atoms with van der Waals surface area (Å²) in [6, 6.07) is 17.9. The number of hydrogen-bond donors (Lipinski definition) is 0. The zero-order valence-electron chi connectivity index (χ0n) is 19.5. The normalized spacial score (nSPS) is 11.0. The van der Waals surface area contributed by atoms with Gasteiger partial charge in [-0.15, -0.1) is 0 Å². The molecular weight excluding hydrogens is 412 g/mol. The number of pyridine rings is 1. The predicted molar refractivity (Wildman–Crippen MR) is 130 cm³/mol. The number of carbonyl (C=O) groups excluding carboxylic acids is 1. The Labute approximate surface area is 194 Å². The van der Waals surface area contributed by atoms with Crippen LogP contribution in [0.4, 0.5) is 0 Å². The Kier molecular flexibility index (Phi) is 7.03. The fourth-order valence-corrected chi connectivity index (χ4v) is 3.85. The summed E-state index contributed by atoms with van der Waals surface area (Å²) in [5.74, 6) is 1.73. The number of imidazole rings is 1. The second-order valence-corrected chi connectivity index (χ2v) is 8.37. The third kappa shape index (κ3) is 5.40. The Bertz CT molecular complexity index is 1230. The van der Waals surface area contributed by atoms with Crippen molar-refractivity contribution in [2.75, 3.05) is 13.7 Å². The molecule has 6 nitrogen and oxygen atoms in total. The fourth-order valence-electron chi connectivity index (χ4n) is 3.85. The van der Waals surface area contributed by atoms with E-state index in [-0.39, 0.29) is 5.91 Å². The molecule has 33 heavy (non-hydrogen) atoms. The third-order valence-electron chi connectivity index (χ3n) is 5.89. The van der Waals surface area contributed by atoms with Gasteiger partial charge in [-0.2, -0.15) is 0 Å². The van der Waals surface area contributed by atoms with Gasteiger partial charge < -0.3 is 14.2 Å². The number of aryl methyl sites for hydroxylation is 3. The number of nitrogens with zero attached hydrogens (tertiary/aromatic N) is 4. The quantitative estimate of drug-likeness (QED) is 0.335. The average molecular weight is 443 g/mol. The van der Waals surface area contributed by atoms with Crippen molar-refractivity contribution < 1.29 is 9.53 Å². The molecule has 6 heteroatoms. The average Bonchev–Trinajstić information content (AvgIpc) is 3.18. The second-order valence-electron chi connectivity index (χ2n) is 8.37. The zero-order valence-corrected chi connectivity index (χ0v) is 19.5. The first-order valence-electron chi connectivity index (χ1n) is 11.3. The molecule has 4 aromatic rings. The number of benzene rings is 2. The highest BCUT2D eigenvalue weighted by molar-refractivity contribution is 5.93. The van der Waals surface area contributed by atoms with Crippen molar-refractivity contribution in [3.63, 3.8) is 0 Å². The van der Waals surface area contributed by atoms with Gasteiger partial charge in [-0.05, 0) is 74.2 Å². The zero-order chi connectivity index (χ0) is 23.2. The summed E-state index contributed by atoms with van der Waals surface area (Å²) >= 11 is 0. The van der Waals surface area contributed by atoms with Crippen LogP contribution in [0.3, 0.4) is 0 Å². The molecule has 0 N–H and O–H groups in total. The molecule has 0 spiro atoms. The second kappa shape index (κ2) is 10.3. The van der Waals surface area contributed by atoms with Gasteiger partial charge in [-0.1, -0.05) is 18.2 Å². The number of rotatable bonds is 9. The Morgan fingerprint density at radius 1 is 1.03 bits per heavy atom. The molecule has 170 valence electrons. The van der Waals surface area contributed by atoms with Gasteiger partial charge in [0, 0.05) is 26.0 Å². The highest BCUT2D eigenvalue weighted by atomic mass is 16.5. The summed E-state index contributed by atoms with van der Waals surface area (Å²) in [6.45, 7) is 6.13. The van der Waals surface area contributed by atoms with Crippen LogP contribution in [0.1, 0.15) is 40.2 Å². The van der Waals surface area contributed by atoms with Crippen molar-refractivity contribution in [2.24, 2.45) is 0 Å². The van der Waals surface area contributed by atoms with Crippen molar-refractivity contribution in [1.29, 1.82) is 0 Å². The maximum absolute atomic E-state index is 12.8. The largest absolute Gasteiger partial charge is 0.494 e. The van der Waals surface area contributed by atoms with Crippen LogP contribution in [-0.4, -0.2) is 39.0 Å². The summed E-state index contributed by atoms with van der Waals surface area (Å²) < 4.78 is 8.16. The number of ether oxygens (including phenoxy) is 1. The highest BCUT2D eigenvalue weighted by Gasteiger charge is 2.17. The molecule has 2 heterocycles. The van der Waals surface area contributed by atoms with Gasteiger partial charge in [0.1, 0.15) is 11.6 Å². The highest BCUT2D eigenvalue weighted by Crippen LogP contribution is 2.20. The van der Waals surface area contributed by atoms with E-state index in [1.54, 1.807) is 36.5 Å². The van der Waals surface area contributed by atoms with E-state index >= 15 is 0 Å². The van der Waals surface area contributed by atoms with Gasteiger partial charge in [0.05, 0.1) is 29.7 Å². The van der Waals surface area contributed by atoms with Crippen LogP contribution in [0.25, 0.3) is 11.0 Å². The molecule has 0 saturated carbocycles. The standard InChI is InChI=1S/C27H30N4O2/c1-20-12-13-23(17-21(20)2)33-16-7-6-15-31-25-11-5-4-10-24(25)29-26(31)19-30(3)27(32)22-9-8-14-28-18-22/h4-5,8-14,17-18H,6-7,15-16,19H2,1-3H3. The number of hydrogen-bond acceptors (Lipinski definition) is 4. The van der Waals surface area contributed by atoms with E-state index in [2.05, 4.69) is 41.6 Å². The lowest BCUT2D eigenvalue weighted by Gasteiger charge is -2.18. The van der Waals surface area contributed by atoms with E-state index in [1.807, 2.05) is 24.3 Å². The smallest absolute Gasteiger partial charge is 0.255 e. The van der Waals surface area contributed by atoms with Gasteiger partial charge in [0.2, 0.25) is 0 Å². The lowest BCUT2D eigenvalue weighted by molar-refractivity contribution is 0.0779. The van der Waals surface area contributed by atoms with Crippen LogP contribution in [-0.2, 0) is 13.1 Å². The molecule has 0 atom stereocenters. The first-order valence-corrected chi connectivity index (χ1v) is 11.3. The maximum Gasteiger partial charge on any atom is 0.255 e. The molecule has 1 amide bonds. The number of carbonyl (C=O) groups is 1. The molecule has 0 unspecified atom stereocenters. The lowest BCUT2D eigenvalue weighted by atomic mass is 10.1. The summed E-state index contributed by atoms with van der Waals surface area (Å²) in [4.78, 5) is 23.4. The monoisotopic (exact) mass is 442 g/mol. The van der Waals surface area contributed by atoms with Crippen LogP contribution < -0.4 is 4.74 Å². The summed E-state index contributed by atoms with van der Waals surface area (Å²) in [5.41, 5.74) is 5.12. The Morgan fingerprint density at radius 3 is 2.67 bits per heavy atom. The van der Waals surface area contributed by atoms with Crippen LogP contribution in [0.2, 0.25) is 0 Å². The van der Waals surface area contributed by atoms with Crippen molar-refractivity contribution >= 4 is 16.9 Å². The van der Waals surface area contributed by atoms with E-state index in [0.29, 0.717) is 18.7 Å². The van der Waals surface area contributed by atoms with E-state index in [0.717, 1.165) is 42.0 Å². The SMILES string of the molecule is Cc1ccc(OCCCCn2c(CN(C)C(=O)c3cccnc3)nc3ccccc32)cc1C. The maximum atomic E-state index is 12.8. The Morgan fingerprint density at radius 2 is 1.88 bits per heavy atom. The topological polar surface area (TPSA) is 60.2 Å². The summed E-state index contributed by atoms with van der Waals surface area (Å²) in [5, 5.41) is 0. The van der Waals surface area contributed by atoms with E-state index < -0.39 is 0 Å². The van der Waals surface area contributed by atoms with Crippen molar-refractivity contribution in [3.05, 3.63) is 89.5 Å². The summed E-state index contributed by atoms with van der Waals surface area (Å²) in [6.07, 6.45) is 5.15. The molecule has 0 aliphatic rings. The molecule has 0 bridgehead atoms. The third-order valence-corrected chi connectivity index (χ3v) is 5.89. The van der Waals surface area contributed by atoms with E-state index in [9.17, 15) is 4.79 Å². The van der Waals surface area contributed by atoms with Crippen LogP contribution >= 0.6 is 0 Å². The minimum atomic E-state index is -0.0662. The lowest BCUT2D eigenvalue weighted by Crippen LogP contribution is -2.28. The number of unbranched alkanes of at least 4 members (excludes halogenated alkanes) is 1. The number of amides is 1. The molecule has 2 aromatic carbocycles. The van der Waals surface area contributed by atoms with Gasteiger partial charge >= 0.3 is 0 Å². The molecule has 0 aliphatic carbocycles. The molecule has 0 saturated heterocycles. The Hall–Kier alpha value is -3.67. The van der Waals surface area contributed by atoms with E-state index in [1.165, 1.54) is 11.1 Å². The van der Waals surface area contributed by atoms with Crippen molar-refractivity contribution in [1.82, 2.24) is 19.4 Å². The molecular formula is C27H30N4O2. The number of para-hydroxylation sites is 2. The van der Waals surface area contributed by atoms with Crippen molar-refractivity contribution in [2.45, 2.75) is 39.8 Å². The van der Waals surface area contributed by atoms with Crippen LogP contribution in [0.5, 0.6) is 5.75 Å². The Balaban J connectivity index is 1.40. The van der Waals surface area contributed by atoms with Crippen LogP contribution in [0, 0.1) is 13.8 Å². The van der Waals surface area contributed by atoms with Crippen LogP contribution in [0.15, 0.2) is 67.0 Å². The number of fused-ring (bicyclic) bond motifs is 1. The summed E-state index contributed by atoms with van der Waals surface area (Å²) in [7, 11) is 1.80. The van der Waals surface area contributed by atoms with Gasteiger partial charge in [0.25, 0.3) is 5.91 Å². The first-order chi connectivity index (χ1) is 16.0. The minimum absolute atomic E-state index is 0.0662. The molecule has 0 aliphatic heterocycles. The molecule has 0 radical (unpaired) electrons. The number of aromatic nitrogens is 3. The van der Waals surface area contributed by atoms with E-state index in [4.69, 9.17) is 9.72 Å². The fraction of sp³-hybridized carbons (Fsp3) is 0.296. The van der Waals surface area contributed by atoms with Gasteiger partial charge in [-0.3, -0.25) is 9.78 Å². The first kappa shape index (κ1) is 22.5. The molecule has 4 rings (SSSR count). The molecule has 0 fully saturated rings. The van der Waals surface area contributed by atoms with Crippen molar-refractivity contribution in [3.8, 4) is 5.75 Å². The predicted octanol–water partition coefficient (Wildman–Crippen LogP) is 5.18. The van der Waals surface area contributed by atoms with Gasteiger partial charge in [0.15, 0.2) is 0 Å².